The fourth-order valence-electron chi connectivity index (χ4n) is 2.43. The first-order valence-electron chi connectivity index (χ1n) is 7.69. The summed E-state index contributed by atoms with van der Waals surface area (Å²) >= 11 is 0. The summed E-state index contributed by atoms with van der Waals surface area (Å²) in [6.45, 7) is 2.67. The minimum absolute atomic E-state index is 0.0420. The average Bonchev–Trinajstić information content (AvgIpc) is 2.61. The second-order valence-electron chi connectivity index (χ2n) is 5.54. The molecule has 0 aliphatic carbocycles. The SMILES string of the molecule is Cc1ccc(C#CC(=O)N2CCN(c3ncccn3)C(F)C2)cc1. The highest BCUT2D eigenvalue weighted by Gasteiger charge is 2.30. The Morgan fingerprint density at radius 1 is 1.21 bits per heavy atom. The quantitative estimate of drug-likeness (QED) is 0.593. The Morgan fingerprint density at radius 2 is 1.92 bits per heavy atom. The first-order chi connectivity index (χ1) is 11.6. The number of rotatable bonds is 1. The zero-order valence-electron chi connectivity index (χ0n) is 13.3. The number of carbonyl (C=O) groups excluding carboxylic acids is 1. The molecular weight excluding hydrogens is 307 g/mol. The Morgan fingerprint density at radius 3 is 2.58 bits per heavy atom. The molecule has 122 valence electrons. The standard InChI is InChI=1S/C18H17FN4O/c1-14-3-5-15(6-4-14)7-8-17(24)22-11-12-23(16(19)13-22)18-20-9-2-10-21-18/h2-6,9-10,16H,11-13H2,1H3. The molecule has 5 nitrogen and oxygen atoms in total. The molecule has 1 aliphatic rings. The summed E-state index contributed by atoms with van der Waals surface area (Å²) in [5.74, 6) is 5.38. The lowest BCUT2D eigenvalue weighted by Crippen LogP contribution is -2.53. The molecule has 0 N–H and O–H groups in total. The molecule has 2 aromatic rings. The molecule has 1 aromatic carbocycles. The molecule has 1 fully saturated rings. The van der Waals surface area contributed by atoms with Gasteiger partial charge in [0.2, 0.25) is 5.95 Å². The van der Waals surface area contributed by atoms with Crippen molar-refractivity contribution in [2.75, 3.05) is 24.5 Å². The van der Waals surface area contributed by atoms with Gasteiger partial charge in [-0.15, -0.1) is 0 Å². The second kappa shape index (κ2) is 7.09. The summed E-state index contributed by atoms with van der Waals surface area (Å²) < 4.78 is 14.4. The van der Waals surface area contributed by atoms with Crippen LogP contribution in [0.25, 0.3) is 0 Å². The number of halogens is 1. The molecule has 6 heteroatoms. The van der Waals surface area contributed by atoms with Crippen LogP contribution in [0.3, 0.4) is 0 Å². The van der Waals surface area contributed by atoms with Gasteiger partial charge in [-0.25, -0.2) is 14.4 Å². The predicted molar refractivity (Wildman–Crippen MR) is 88.9 cm³/mol. The summed E-state index contributed by atoms with van der Waals surface area (Å²) in [6, 6.07) is 9.27. The van der Waals surface area contributed by atoms with E-state index in [9.17, 15) is 9.18 Å². The molecule has 2 heterocycles. The molecule has 24 heavy (non-hydrogen) atoms. The van der Waals surface area contributed by atoms with Crippen molar-refractivity contribution < 1.29 is 9.18 Å². The lowest BCUT2D eigenvalue weighted by Gasteiger charge is -2.36. The van der Waals surface area contributed by atoms with E-state index >= 15 is 0 Å². The molecule has 1 unspecified atom stereocenters. The molecule has 3 rings (SSSR count). The van der Waals surface area contributed by atoms with Gasteiger partial charge in [-0.3, -0.25) is 4.79 Å². The number of aryl methyl sites for hydroxylation is 1. The van der Waals surface area contributed by atoms with Gasteiger partial charge < -0.3 is 9.80 Å². The molecule has 0 saturated carbocycles. The maximum absolute atomic E-state index is 14.4. The van der Waals surface area contributed by atoms with Crippen molar-refractivity contribution in [1.29, 1.82) is 0 Å². The van der Waals surface area contributed by atoms with Gasteiger partial charge in [-0.05, 0) is 25.1 Å². The highest BCUT2D eigenvalue weighted by Crippen LogP contribution is 2.16. The minimum Gasteiger partial charge on any atom is -0.325 e. The maximum atomic E-state index is 14.4. The molecule has 0 spiro atoms. The molecule has 0 radical (unpaired) electrons. The van der Waals surface area contributed by atoms with E-state index in [0.717, 1.165) is 11.1 Å². The number of anilines is 1. The number of piperazine rings is 1. The van der Waals surface area contributed by atoms with Crippen LogP contribution in [0.1, 0.15) is 11.1 Å². The molecule has 1 atom stereocenters. The van der Waals surface area contributed by atoms with Crippen LogP contribution in [0.2, 0.25) is 0 Å². The lowest BCUT2D eigenvalue weighted by atomic mass is 10.1. The van der Waals surface area contributed by atoms with Crippen LogP contribution in [0, 0.1) is 18.8 Å². The fraction of sp³-hybridized carbons (Fsp3) is 0.278. The molecular formula is C18H17FN4O. The second-order valence-corrected chi connectivity index (χ2v) is 5.54. The number of nitrogens with zero attached hydrogens (tertiary/aromatic N) is 4. The van der Waals surface area contributed by atoms with E-state index in [4.69, 9.17) is 0 Å². The van der Waals surface area contributed by atoms with Crippen LogP contribution in [0.4, 0.5) is 10.3 Å². The highest BCUT2D eigenvalue weighted by atomic mass is 19.1. The van der Waals surface area contributed by atoms with Gasteiger partial charge in [0.1, 0.15) is 0 Å². The van der Waals surface area contributed by atoms with Crippen LogP contribution in [0.5, 0.6) is 0 Å². The summed E-state index contributed by atoms with van der Waals surface area (Å²) in [4.78, 5) is 23.1. The van der Waals surface area contributed by atoms with Crippen molar-refractivity contribution in [1.82, 2.24) is 14.9 Å². The molecule has 0 bridgehead atoms. The number of benzene rings is 1. The average molecular weight is 324 g/mol. The summed E-state index contributed by atoms with van der Waals surface area (Å²) in [5.41, 5.74) is 1.90. The van der Waals surface area contributed by atoms with E-state index in [2.05, 4.69) is 21.8 Å². The van der Waals surface area contributed by atoms with Crippen molar-refractivity contribution in [3.63, 3.8) is 0 Å². The highest BCUT2D eigenvalue weighted by molar-refractivity contribution is 5.94. The molecule has 1 aromatic heterocycles. The number of amides is 1. The van der Waals surface area contributed by atoms with Gasteiger partial charge in [0.15, 0.2) is 6.30 Å². The first-order valence-corrected chi connectivity index (χ1v) is 7.69. The zero-order chi connectivity index (χ0) is 16.9. The van der Waals surface area contributed by atoms with Crippen LogP contribution < -0.4 is 4.90 Å². The third-order valence-corrected chi connectivity index (χ3v) is 3.78. The van der Waals surface area contributed by atoms with Crippen molar-refractivity contribution >= 4 is 11.9 Å². The normalized spacial score (nSPS) is 17.2. The van der Waals surface area contributed by atoms with E-state index < -0.39 is 6.30 Å². The van der Waals surface area contributed by atoms with Crippen LogP contribution in [-0.4, -0.2) is 46.7 Å². The van der Waals surface area contributed by atoms with Gasteiger partial charge in [0.25, 0.3) is 5.91 Å². The number of carbonyl (C=O) groups is 1. The number of hydrogen-bond donors (Lipinski definition) is 0. The number of alkyl halides is 1. The smallest absolute Gasteiger partial charge is 0.299 e. The van der Waals surface area contributed by atoms with Crippen molar-refractivity contribution in [3.05, 3.63) is 53.9 Å². The van der Waals surface area contributed by atoms with Crippen LogP contribution in [0.15, 0.2) is 42.7 Å². The Kier molecular flexibility index (Phi) is 4.71. The summed E-state index contributed by atoms with van der Waals surface area (Å²) in [6.07, 6.45) is 1.80. The Balaban J connectivity index is 1.63. The monoisotopic (exact) mass is 324 g/mol. The summed E-state index contributed by atoms with van der Waals surface area (Å²) in [5, 5.41) is 0. The van der Waals surface area contributed by atoms with E-state index in [1.54, 1.807) is 18.5 Å². The van der Waals surface area contributed by atoms with E-state index in [0.29, 0.717) is 19.0 Å². The van der Waals surface area contributed by atoms with Crippen LogP contribution >= 0.6 is 0 Å². The first kappa shape index (κ1) is 15.9. The van der Waals surface area contributed by atoms with Gasteiger partial charge in [-0.1, -0.05) is 23.6 Å². The number of hydrogen-bond acceptors (Lipinski definition) is 4. The largest absolute Gasteiger partial charge is 0.325 e. The zero-order valence-corrected chi connectivity index (χ0v) is 13.3. The third-order valence-electron chi connectivity index (χ3n) is 3.78. The van der Waals surface area contributed by atoms with Crippen molar-refractivity contribution in [3.8, 4) is 11.8 Å². The van der Waals surface area contributed by atoms with Gasteiger partial charge in [0, 0.05) is 37.0 Å². The van der Waals surface area contributed by atoms with Crippen molar-refractivity contribution in [2.24, 2.45) is 0 Å². The van der Waals surface area contributed by atoms with Gasteiger partial charge >= 0.3 is 0 Å². The van der Waals surface area contributed by atoms with E-state index in [1.165, 1.54) is 9.80 Å². The maximum Gasteiger partial charge on any atom is 0.299 e. The van der Waals surface area contributed by atoms with E-state index in [-0.39, 0.29) is 12.5 Å². The van der Waals surface area contributed by atoms with E-state index in [1.807, 2.05) is 31.2 Å². The fourth-order valence-corrected chi connectivity index (χ4v) is 2.43. The Bertz CT molecular complexity index is 767. The van der Waals surface area contributed by atoms with Crippen molar-refractivity contribution in [2.45, 2.75) is 13.2 Å². The molecule has 1 saturated heterocycles. The minimum atomic E-state index is -1.34. The topological polar surface area (TPSA) is 49.3 Å². The Labute approximate surface area is 140 Å². The molecule has 1 aliphatic heterocycles. The van der Waals surface area contributed by atoms with Gasteiger partial charge in [-0.2, -0.15) is 0 Å². The van der Waals surface area contributed by atoms with Crippen LogP contribution in [-0.2, 0) is 4.79 Å². The molecule has 1 amide bonds. The lowest BCUT2D eigenvalue weighted by molar-refractivity contribution is -0.126. The third kappa shape index (κ3) is 3.69. The number of aromatic nitrogens is 2. The predicted octanol–water partition coefficient (Wildman–Crippen LogP) is 1.78. The summed E-state index contributed by atoms with van der Waals surface area (Å²) in [7, 11) is 0. The van der Waals surface area contributed by atoms with Gasteiger partial charge in [0.05, 0.1) is 6.54 Å². The Hall–Kier alpha value is -2.94.